The molecule has 0 aromatic rings. The van der Waals surface area contributed by atoms with Gasteiger partial charge in [0.1, 0.15) is 18.3 Å². The number of carbonyl (C=O) groups is 1. The Morgan fingerprint density at radius 2 is 2.28 bits per heavy atom. The Kier molecular flexibility index (Phi) is 3.25. The third-order valence-corrected chi connectivity index (χ3v) is 2.84. The highest BCUT2D eigenvalue weighted by atomic mass is 16.6. The summed E-state index contributed by atoms with van der Waals surface area (Å²) in [5.41, 5.74) is 5.60. The largest absolute Gasteiger partial charge is 0.394 e. The molecule has 9 nitrogen and oxygen atoms in total. The second-order valence-corrected chi connectivity index (χ2v) is 4.46. The molecular weight excluding hydrogens is 244 g/mol. The highest BCUT2D eigenvalue weighted by Crippen LogP contribution is 2.24. The van der Waals surface area contributed by atoms with Gasteiger partial charge in [-0.05, 0) is 6.92 Å². The average molecular weight is 260 g/mol. The third kappa shape index (κ3) is 2.18. The fourth-order valence-corrected chi connectivity index (χ4v) is 1.84. The van der Waals surface area contributed by atoms with E-state index in [1.165, 1.54) is 6.92 Å². The lowest BCUT2D eigenvalue weighted by Gasteiger charge is -2.34. The van der Waals surface area contributed by atoms with Gasteiger partial charge in [-0.1, -0.05) is 0 Å². The summed E-state index contributed by atoms with van der Waals surface area (Å²) >= 11 is 0. The maximum atomic E-state index is 11.8. The van der Waals surface area contributed by atoms with Crippen LogP contribution in [0.1, 0.15) is 6.92 Å². The molecule has 2 aliphatic rings. The number of nitrogens with one attached hydrogen (secondary N) is 1. The minimum atomic E-state index is -1.33. The van der Waals surface area contributed by atoms with Crippen molar-refractivity contribution in [3.8, 4) is 0 Å². The maximum absolute atomic E-state index is 11.8. The van der Waals surface area contributed by atoms with Crippen molar-refractivity contribution in [1.29, 1.82) is 0 Å². The molecule has 0 aromatic heterocycles. The molecule has 2 amide bonds. The quantitative estimate of drug-likeness (QED) is 0.361. The molecule has 0 radical (unpaired) electrons. The number of rotatable bonds is 2. The van der Waals surface area contributed by atoms with Crippen molar-refractivity contribution in [2.24, 2.45) is 10.7 Å². The summed E-state index contributed by atoms with van der Waals surface area (Å²) in [4.78, 5) is 16.6. The van der Waals surface area contributed by atoms with Crippen molar-refractivity contribution in [3.63, 3.8) is 0 Å². The van der Waals surface area contributed by atoms with Gasteiger partial charge in [0.2, 0.25) is 0 Å². The van der Waals surface area contributed by atoms with Gasteiger partial charge >= 0.3 is 6.03 Å². The van der Waals surface area contributed by atoms with Crippen molar-refractivity contribution >= 4 is 12.4 Å². The number of hydrogen-bond acceptors (Lipinski definition) is 7. The smallest absolute Gasteiger partial charge is 0.327 e. The number of carbonyl (C=O) groups excluding carboxylic acids is 1. The normalized spacial score (nSPS) is 44.3. The Hall–Kier alpha value is -1.26. The van der Waals surface area contributed by atoms with Gasteiger partial charge in [0.05, 0.1) is 12.9 Å². The van der Waals surface area contributed by atoms with E-state index < -0.39 is 43.0 Å². The van der Waals surface area contributed by atoms with Crippen LogP contribution in [0.15, 0.2) is 4.99 Å². The van der Waals surface area contributed by atoms with Crippen LogP contribution in [0.25, 0.3) is 0 Å². The maximum Gasteiger partial charge on any atom is 0.327 e. The molecule has 0 saturated carbocycles. The van der Waals surface area contributed by atoms with Crippen LogP contribution in [-0.4, -0.2) is 69.5 Å². The molecule has 9 heteroatoms. The molecule has 18 heavy (non-hydrogen) atoms. The monoisotopic (exact) mass is 260 g/mol. The summed E-state index contributed by atoms with van der Waals surface area (Å²) in [6, 6.07) is -0.607. The zero-order chi connectivity index (χ0) is 13.5. The van der Waals surface area contributed by atoms with Crippen LogP contribution in [0.4, 0.5) is 4.79 Å². The molecule has 0 aliphatic carbocycles. The molecule has 1 saturated heterocycles. The molecule has 0 bridgehead atoms. The van der Waals surface area contributed by atoms with E-state index in [1.807, 2.05) is 0 Å². The van der Waals surface area contributed by atoms with Gasteiger partial charge in [-0.25, -0.2) is 9.79 Å². The molecule has 2 aliphatic heterocycles. The number of hydrogen-bond donors (Lipinski definition) is 5. The van der Waals surface area contributed by atoms with Crippen molar-refractivity contribution in [1.82, 2.24) is 10.2 Å². The molecule has 6 N–H and O–H groups in total. The van der Waals surface area contributed by atoms with Gasteiger partial charge < -0.3 is 25.4 Å². The predicted octanol–water partition coefficient (Wildman–Crippen LogP) is -2.89. The van der Waals surface area contributed by atoms with Crippen LogP contribution < -0.4 is 11.1 Å². The topological polar surface area (TPSA) is 141 Å². The number of urea groups is 1. The van der Waals surface area contributed by atoms with E-state index in [2.05, 4.69) is 10.3 Å². The number of aliphatic hydroxyl groups excluding tert-OH is 3. The Morgan fingerprint density at radius 1 is 1.61 bits per heavy atom. The molecular formula is C9H16N4O5. The summed E-state index contributed by atoms with van der Waals surface area (Å²) < 4.78 is 5.20. The zero-order valence-corrected chi connectivity index (χ0v) is 9.72. The number of nitrogens with zero attached hydrogens (tertiary/aromatic N) is 2. The second kappa shape index (κ2) is 4.44. The summed E-state index contributed by atoms with van der Waals surface area (Å²) in [5.74, 6) is -1.22. The average Bonchev–Trinajstić information content (AvgIpc) is 2.55. The van der Waals surface area contributed by atoms with E-state index in [0.29, 0.717) is 0 Å². The predicted molar refractivity (Wildman–Crippen MR) is 59.2 cm³/mol. The summed E-state index contributed by atoms with van der Waals surface area (Å²) in [7, 11) is 0. The first-order chi connectivity index (χ1) is 8.35. The Bertz CT molecular complexity index is 374. The van der Waals surface area contributed by atoms with E-state index in [-0.39, 0.29) is 0 Å². The van der Waals surface area contributed by atoms with Gasteiger partial charge in [0, 0.05) is 0 Å². The fraction of sp³-hybridized carbons (Fsp3) is 0.778. The lowest BCUT2D eigenvalue weighted by atomic mass is 10.1. The van der Waals surface area contributed by atoms with Gasteiger partial charge in [0.15, 0.2) is 12.0 Å². The number of nitrogens with two attached hydrogens (primary N) is 1. The molecule has 5 atom stereocenters. The number of aliphatic hydroxyl groups is 3. The zero-order valence-electron chi connectivity index (χ0n) is 9.72. The summed E-state index contributed by atoms with van der Waals surface area (Å²) in [6.07, 6.45) is -3.53. The molecule has 2 rings (SSSR count). The van der Waals surface area contributed by atoms with E-state index in [0.717, 1.165) is 11.2 Å². The number of amides is 2. The lowest BCUT2D eigenvalue weighted by Crippen LogP contribution is -2.62. The van der Waals surface area contributed by atoms with E-state index in [1.54, 1.807) is 0 Å². The summed E-state index contributed by atoms with van der Waals surface area (Å²) in [6.45, 7) is 1.03. The number of ether oxygens (including phenoxy) is 1. The first kappa shape index (κ1) is 13.2. The van der Waals surface area contributed by atoms with E-state index in [9.17, 15) is 15.0 Å². The minimum absolute atomic E-state index is 0.462. The Balaban J connectivity index is 2.16. The molecule has 0 aromatic carbocycles. The highest BCUT2D eigenvalue weighted by molar-refractivity contribution is 5.89. The van der Waals surface area contributed by atoms with Crippen LogP contribution >= 0.6 is 0 Å². The standard InChI is InChI=1S/C9H16N4O5/c1-9(10)11-3-13(8(17)12-9)7-6(16)5(15)4(2-14)18-7/h3-7,14-16H,2,10H2,1H3,(H,12,17)/t4-,5-,6-,7-,9?/m1/s1. The van der Waals surface area contributed by atoms with Crippen LogP contribution in [0.5, 0.6) is 0 Å². The first-order valence-electron chi connectivity index (χ1n) is 5.43. The van der Waals surface area contributed by atoms with Gasteiger partial charge in [-0.15, -0.1) is 0 Å². The van der Waals surface area contributed by atoms with Crippen molar-refractivity contribution in [3.05, 3.63) is 0 Å². The molecule has 102 valence electrons. The second-order valence-electron chi connectivity index (χ2n) is 4.46. The summed E-state index contributed by atoms with van der Waals surface area (Å²) in [5, 5.41) is 30.7. The lowest BCUT2D eigenvalue weighted by molar-refractivity contribution is -0.0591. The molecule has 1 fully saturated rings. The van der Waals surface area contributed by atoms with Crippen molar-refractivity contribution in [2.75, 3.05) is 6.61 Å². The van der Waals surface area contributed by atoms with Crippen LogP contribution in [-0.2, 0) is 4.74 Å². The van der Waals surface area contributed by atoms with Crippen molar-refractivity contribution in [2.45, 2.75) is 37.3 Å². The van der Waals surface area contributed by atoms with Crippen LogP contribution in [0, 0.1) is 0 Å². The van der Waals surface area contributed by atoms with E-state index >= 15 is 0 Å². The highest BCUT2D eigenvalue weighted by Gasteiger charge is 2.47. The molecule has 0 spiro atoms. The van der Waals surface area contributed by atoms with Crippen LogP contribution in [0.2, 0.25) is 0 Å². The first-order valence-corrected chi connectivity index (χ1v) is 5.43. The van der Waals surface area contributed by atoms with Crippen LogP contribution in [0.3, 0.4) is 0 Å². The van der Waals surface area contributed by atoms with Crippen molar-refractivity contribution < 1.29 is 24.9 Å². The number of aliphatic imine (C=N–C) groups is 1. The SMILES string of the molecule is CC1(N)N=CN([C@@H]2O[C@H](CO)[C@@H](O)[C@H]2O)C(=O)N1. The third-order valence-electron chi connectivity index (χ3n) is 2.84. The minimum Gasteiger partial charge on any atom is -0.394 e. The van der Waals surface area contributed by atoms with Gasteiger partial charge in [-0.2, -0.15) is 0 Å². The Labute approximate surface area is 103 Å². The van der Waals surface area contributed by atoms with Gasteiger partial charge in [-0.3, -0.25) is 10.6 Å². The molecule has 1 unspecified atom stereocenters. The Morgan fingerprint density at radius 3 is 2.78 bits per heavy atom. The molecule has 2 heterocycles. The van der Waals surface area contributed by atoms with E-state index in [4.69, 9.17) is 15.6 Å². The fourth-order valence-electron chi connectivity index (χ4n) is 1.84. The van der Waals surface area contributed by atoms with Gasteiger partial charge in [0.25, 0.3) is 0 Å².